The van der Waals surface area contributed by atoms with Crippen molar-refractivity contribution in [3.8, 4) is 0 Å². The Morgan fingerprint density at radius 1 is 1.15 bits per heavy atom. The summed E-state index contributed by atoms with van der Waals surface area (Å²) >= 11 is 0. The summed E-state index contributed by atoms with van der Waals surface area (Å²) in [6.07, 6.45) is 0.944. The molecular weight excluding hydrogens is 246 g/mol. The zero-order valence-corrected chi connectivity index (χ0v) is 12.0. The fourth-order valence-corrected chi connectivity index (χ4v) is 3.09. The number of carbonyl (C=O) groups is 1. The maximum Gasteiger partial charge on any atom is 0.220 e. The molecule has 2 aromatic carbocycles. The van der Waals surface area contributed by atoms with Crippen molar-refractivity contribution in [2.75, 3.05) is 6.54 Å². The van der Waals surface area contributed by atoms with E-state index in [2.05, 4.69) is 37.3 Å². The Labute approximate surface area is 120 Å². The first-order valence-electron chi connectivity index (χ1n) is 7.08. The van der Waals surface area contributed by atoms with Crippen LogP contribution in [0, 0.1) is 6.92 Å². The number of amides is 1. The van der Waals surface area contributed by atoms with E-state index in [9.17, 15) is 4.79 Å². The van der Waals surface area contributed by atoms with Crippen molar-refractivity contribution in [3.05, 3.63) is 70.8 Å². The molecule has 0 aliphatic carbocycles. The molecule has 20 heavy (non-hydrogen) atoms. The Hall–Kier alpha value is -2.09. The van der Waals surface area contributed by atoms with Crippen LogP contribution < -0.4 is 0 Å². The van der Waals surface area contributed by atoms with Crippen molar-refractivity contribution < 1.29 is 4.79 Å². The van der Waals surface area contributed by atoms with Crippen LogP contribution in [0.2, 0.25) is 0 Å². The van der Waals surface area contributed by atoms with Gasteiger partial charge in [0, 0.05) is 13.5 Å². The minimum absolute atomic E-state index is 0.0537. The highest BCUT2D eigenvalue weighted by Gasteiger charge is 2.30. The number of aryl methyl sites for hydroxylation is 1. The standard InChI is InChI=1S/C18H19NO/c1-13-8-9-17-16(12-13)10-11-19(14(2)20)18(17)15-6-4-3-5-7-15/h3-9,12,18H,10-11H2,1-2H3. The molecule has 0 spiro atoms. The summed E-state index contributed by atoms with van der Waals surface area (Å²) in [7, 11) is 0. The van der Waals surface area contributed by atoms with Gasteiger partial charge in [0.2, 0.25) is 5.91 Å². The van der Waals surface area contributed by atoms with Gasteiger partial charge in [-0.15, -0.1) is 0 Å². The van der Waals surface area contributed by atoms with Crippen LogP contribution in [0.5, 0.6) is 0 Å². The summed E-state index contributed by atoms with van der Waals surface area (Å²) in [6.45, 7) is 4.58. The van der Waals surface area contributed by atoms with E-state index in [1.807, 2.05) is 23.1 Å². The number of rotatable bonds is 1. The van der Waals surface area contributed by atoms with E-state index in [4.69, 9.17) is 0 Å². The van der Waals surface area contributed by atoms with Gasteiger partial charge in [-0.25, -0.2) is 0 Å². The highest BCUT2D eigenvalue weighted by Crippen LogP contribution is 2.35. The summed E-state index contributed by atoms with van der Waals surface area (Å²) in [5.74, 6) is 0.144. The smallest absolute Gasteiger partial charge is 0.220 e. The average molecular weight is 265 g/mol. The zero-order valence-electron chi connectivity index (χ0n) is 12.0. The second-order valence-corrected chi connectivity index (χ2v) is 5.48. The molecule has 0 saturated heterocycles. The van der Waals surface area contributed by atoms with Gasteiger partial charge in [-0.1, -0.05) is 54.1 Å². The van der Waals surface area contributed by atoms with E-state index < -0.39 is 0 Å². The fourth-order valence-electron chi connectivity index (χ4n) is 3.09. The molecule has 1 amide bonds. The Morgan fingerprint density at radius 2 is 1.90 bits per heavy atom. The molecule has 1 aliphatic heterocycles. The molecule has 2 heteroatoms. The largest absolute Gasteiger partial charge is 0.331 e. The van der Waals surface area contributed by atoms with Crippen molar-refractivity contribution >= 4 is 5.91 Å². The summed E-state index contributed by atoms with van der Waals surface area (Å²) < 4.78 is 0. The number of fused-ring (bicyclic) bond motifs is 1. The lowest BCUT2D eigenvalue weighted by Gasteiger charge is -2.37. The maximum atomic E-state index is 12.0. The maximum absolute atomic E-state index is 12.0. The number of carbonyl (C=O) groups excluding carboxylic acids is 1. The zero-order chi connectivity index (χ0) is 14.1. The molecule has 0 N–H and O–H groups in total. The molecule has 0 aromatic heterocycles. The van der Waals surface area contributed by atoms with Gasteiger partial charge in [0.05, 0.1) is 6.04 Å². The topological polar surface area (TPSA) is 20.3 Å². The minimum atomic E-state index is 0.0537. The van der Waals surface area contributed by atoms with Gasteiger partial charge < -0.3 is 4.90 Å². The Kier molecular flexibility index (Phi) is 3.31. The fraction of sp³-hybridized carbons (Fsp3) is 0.278. The van der Waals surface area contributed by atoms with Crippen molar-refractivity contribution in [1.29, 1.82) is 0 Å². The molecule has 1 unspecified atom stereocenters. The van der Waals surface area contributed by atoms with E-state index in [0.29, 0.717) is 0 Å². The first kappa shape index (κ1) is 12.9. The number of benzene rings is 2. The van der Waals surface area contributed by atoms with Crippen LogP contribution in [0.25, 0.3) is 0 Å². The SMILES string of the molecule is CC(=O)N1CCc2cc(C)ccc2C1c1ccccc1. The van der Waals surface area contributed by atoms with Crippen LogP contribution in [0.1, 0.15) is 35.2 Å². The quantitative estimate of drug-likeness (QED) is 0.773. The van der Waals surface area contributed by atoms with E-state index in [-0.39, 0.29) is 11.9 Å². The van der Waals surface area contributed by atoms with Crippen molar-refractivity contribution in [2.24, 2.45) is 0 Å². The molecule has 1 heterocycles. The monoisotopic (exact) mass is 265 g/mol. The van der Waals surface area contributed by atoms with Gasteiger partial charge in [-0.2, -0.15) is 0 Å². The molecule has 0 saturated carbocycles. The Balaban J connectivity index is 2.13. The van der Waals surface area contributed by atoms with Crippen LogP contribution in [-0.2, 0) is 11.2 Å². The first-order chi connectivity index (χ1) is 9.66. The normalized spacial score (nSPS) is 17.7. The van der Waals surface area contributed by atoms with E-state index in [1.165, 1.54) is 22.3 Å². The predicted molar refractivity (Wildman–Crippen MR) is 80.6 cm³/mol. The molecule has 2 nitrogen and oxygen atoms in total. The van der Waals surface area contributed by atoms with Gasteiger partial charge in [-0.3, -0.25) is 4.79 Å². The van der Waals surface area contributed by atoms with Crippen molar-refractivity contribution in [3.63, 3.8) is 0 Å². The molecule has 0 radical (unpaired) electrons. The predicted octanol–water partition coefficient (Wildman–Crippen LogP) is 3.49. The molecule has 1 atom stereocenters. The lowest BCUT2D eigenvalue weighted by atomic mass is 9.87. The third kappa shape index (κ3) is 2.22. The summed E-state index contributed by atoms with van der Waals surface area (Å²) in [6, 6.07) is 16.9. The highest BCUT2D eigenvalue weighted by atomic mass is 16.2. The first-order valence-corrected chi connectivity index (χ1v) is 7.08. The van der Waals surface area contributed by atoms with E-state index in [0.717, 1.165) is 13.0 Å². The minimum Gasteiger partial charge on any atom is -0.331 e. The van der Waals surface area contributed by atoms with E-state index >= 15 is 0 Å². The second kappa shape index (κ2) is 5.12. The summed E-state index contributed by atoms with van der Waals surface area (Å²) in [5.41, 5.74) is 5.11. The van der Waals surface area contributed by atoms with Crippen molar-refractivity contribution in [2.45, 2.75) is 26.3 Å². The average Bonchev–Trinajstić information content (AvgIpc) is 2.46. The highest BCUT2D eigenvalue weighted by molar-refractivity contribution is 5.75. The van der Waals surface area contributed by atoms with Gasteiger partial charge in [0.15, 0.2) is 0 Å². The lowest BCUT2D eigenvalue weighted by Crippen LogP contribution is -2.39. The van der Waals surface area contributed by atoms with E-state index in [1.54, 1.807) is 6.92 Å². The van der Waals surface area contributed by atoms with Crippen LogP contribution in [0.3, 0.4) is 0 Å². The van der Waals surface area contributed by atoms with Crippen LogP contribution in [0.15, 0.2) is 48.5 Å². The number of hydrogen-bond acceptors (Lipinski definition) is 1. The molecule has 1 aliphatic rings. The van der Waals surface area contributed by atoms with Gasteiger partial charge in [-0.05, 0) is 30.0 Å². The summed E-state index contributed by atoms with van der Waals surface area (Å²) in [4.78, 5) is 14.0. The van der Waals surface area contributed by atoms with Gasteiger partial charge in [0.25, 0.3) is 0 Å². The number of hydrogen-bond donors (Lipinski definition) is 0. The molecule has 0 bridgehead atoms. The van der Waals surface area contributed by atoms with Crippen LogP contribution >= 0.6 is 0 Å². The Bertz CT molecular complexity index is 633. The van der Waals surface area contributed by atoms with Crippen LogP contribution in [0.4, 0.5) is 0 Å². The van der Waals surface area contributed by atoms with Gasteiger partial charge in [0.1, 0.15) is 0 Å². The molecular formula is C18H19NO. The molecule has 102 valence electrons. The van der Waals surface area contributed by atoms with Crippen LogP contribution in [-0.4, -0.2) is 17.4 Å². The van der Waals surface area contributed by atoms with Gasteiger partial charge >= 0.3 is 0 Å². The second-order valence-electron chi connectivity index (χ2n) is 5.48. The third-order valence-corrected chi connectivity index (χ3v) is 4.05. The number of nitrogens with zero attached hydrogens (tertiary/aromatic N) is 1. The molecule has 3 rings (SSSR count). The molecule has 0 fully saturated rings. The summed E-state index contributed by atoms with van der Waals surface area (Å²) in [5, 5.41) is 0. The Morgan fingerprint density at radius 3 is 2.60 bits per heavy atom. The van der Waals surface area contributed by atoms with Crippen molar-refractivity contribution in [1.82, 2.24) is 4.90 Å². The third-order valence-electron chi connectivity index (χ3n) is 4.05. The lowest BCUT2D eigenvalue weighted by molar-refractivity contribution is -0.130. The molecule has 2 aromatic rings.